The minimum absolute atomic E-state index is 0.136. The van der Waals surface area contributed by atoms with E-state index in [0.29, 0.717) is 17.0 Å². The fourth-order valence-corrected chi connectivity index (χ4v) is 2.05. The van der Waals surface area contributed by atoms with E-state index in [9.17, 15) is 4.79 Å². The maximum absolute atomic E-state index is 11.8. The van der Waals surface area contributed by atoms with Gasteiger partial charge in [0, 0.05) is 15.7 Å². The van der Waals surface area contributed by atoms with Crippen molar-refractivity contribution in [3.8, 4) is 5.75 Å². The number of halogens is 1. The fraction of sp³-hybridized carbons (Fsp3) is 0.0667. The number of nitrogens with zero attached hydrogens (tertiary/aromatic N) is 1. The lowest BCUT2D eigenvalue weighted by atomic mass is 10.2. The number of ether oxygens (including phenoxy) is 1. The zero-order valence-corrected chi connectivity index (χ0v) is 12.6. The summed E-state index contributed by atoms with van der Waals surface area (Å²) in [7, 11) is 0. The summed E-state index contributed by atoms with van der Waals surface area (Å²) in [4.78, 5) is 11.8. The van der Waals surface area contributed by atoms with Crippen LogP contribution in [0.3, 0.4) is 0 Å². The molecule has 21 heavy (non-hydrogen) atoms. The molecule has 2 aromatic rings. The van der Waals surface area contributed by atoms with E-state index in [2.05, 4.69) is 26.4 Å². The maximum Gasteiger partial charge on any atom is 0.262 e. The minimum atomic E-state index is -0.268. The van der Waals surface area contributed by atoms with E-state index in [1.165, 1.54) is 6.21 Å². The molecule has 0 aliphatic heterocycles. The van der Waals surface area contributed by atoms with Gasteiger partial charge in [0.2, 0.25) is 0 Å². The molecule has 5 nitrogen and oxygen atoms in total. The Kier molecular flexibility index (Phi) is 5.34. The lowest BCUT2D eigenvalue weighted by Crippen LogP contribution is -2.20. The van der Waals surface area contributed by atoms with Gasteiger partial charge in [0.05, 0.1) is 6.21 Å². The molecule has 0 radical (unpaired) electrons. The molecule has 0 saturated heterocycles. The number of anilines is 1. The molecular weight excluding hydrogens is 336 g/mol. The minimum Gasteiger partial charge on any atom is -0.483 e. The second kappa shape index (κ2) is 7.44. The van der Waals surface area contributed by atoms with Crippen molar-refractivity contribution < 1.29 is 14.7 Å². The van der Waals surface area contributed by atoms with Gasteiger partial charge in [0.25, 0.3) is 5.91 Å². The second-order valence-electron chi connectivity index (χ2n) is 4.13. The number of oxime groups is 1. The van der Waals surface area contributed by atoms with Gasteiger partial charge in [-0.05, 0) is 30.3 Å². The van der Waals surface area contributed by atoms with Gasteiger partial charge in [-0.1, -0.05) is 39.3 Å². The van der Waals surface area contributed by atoms with Crippen LogP contribution in [-0.4, -0.2) is 23.9 Å². The molecule has 0 aliphatic carbocycles. The Labute approximate surface area is 130 Å². The van der Waals surface area contributed by atoms with E-state index < -0.39 is 0 Å². The summed E-state index contributed by atoms with van der Waals surface area (Å²) in [6.07, 6.45) is 1.25. The number of hydrogen-bond donors (Lipinski definition) is 2. The molecule has 0 spiro atoms. The van der Waals surface area contributed by atoms with Crippen LogP contribution in [0, 0.1) is 0 Å². The first-order valence-corrected chi connectivity index (χ1v) is 6.93. The van der Waals surface area contributed by atoms with Gasteiger partial charge in [-0.25, -0.2) is 0 Å². The lowest BCUT2D eigenvalue weighted by Gasteiger charge is -2.09. The third-order valence-corrected chi connectivity index (χ3v) is 3.08. The molecular formula is C15H13BrN2O3. The van der Waals surface area contributed by atoms with Crippen LogP contribution in [0.15, 0.2) is 58.2 Å². The van der Waals surface area contributed by atoms with Crippen molar-refractivity contribution in [2.75, 3.05) is 11.9 Å². The Bertz CT molecular complexity index is 645. The van der Waals surface area contributed by atoms with E-state index >= 15 is 0 Å². The summed E-state index contributed by atoms with van der Waals surface area (Å²) in [5.41, 5.74) is 1.28. The number of amides is 1. The predicted molar refractivity (Wildman–Crippen MR) is 84.1 cm³/mol. The zero-order valence-electron chi connectivity index (χ0n) is 11.0. The summed E-state index contributed by atoms with van der Waals surface area (Å²) in [6.45, 7) is -0.136. The second-order valence-corrected chi connectivity index (χ2v) is 5.05. The first-order chi connectivity index (χ1) is 10.2. The zero-order chi connectivity index (χ0) is 15.1. The van der Waals surface area contributed by atoms with Crippen LogP contribution in [0.1, 0.15) is 5.56 Å². The lowest BCUT2D eigenvalue weighted by molar-refractivity contribution is -0.118. The van der Waals surface area contributed by atoms with E-state index in [1.807, 2.05) is 18.2 Å². The number of nitrogens with one attached hydrogen (secondary N) is 1. The first-order valence-electron chi connectivity index (χ1n) is 6.14. The molecule has 6 heteroatoms. The molecule has 0 bridgehead atoms. The molecule has 0 heterocycles. The molecule has 1 amide bonds. The standard InChI is InChI=1S/C15H13BrN2O3/c16-12-6-7-14(11(8-12)9-17-20)21-10-15(19)18-13-4-2-1-3-5-13/h1-9,20H,10H2,(H,18,19)/b17-9+. The van der Waals surface area contributed by atoms with Gasteiger partial charge in [0.1, 0.15) is 5.75 Å². The molecule has 2 N–H and O–H groups in total. The van der Waals surface area contributed by atoms with Crippen molar-refractivity contribution in [1.82, 2.24) is 0 Å². The van der Waals surface area contributed by atoms with Crippen LogP contribution >= 0.6 is 15.9 Å². The fourth-order valence-electron chi connectivity index (χ4n) is 1.68. The number of hydrogen-bond acceptors (Lipinski definition) is 4. The molecule has 0 unspecified atom stereocenters. The summed E-state index contributed by atoms with van der Waals surface area (Å²) in [5, 5.41) is 14.3. The SMILES string of the molecule is O=C(COc1ccc(Br)cc1/C=N/O)Nc1ccccc1. The topological polar surface area (TPSA) is 70.9 Å². The highest BCUT2D eigenvalue weighted by Gasteiger charge is 2.07. The predicted octanol–water partition coefficient (Wildman–Crippen LogP) is 3.27. The van der Waals surface area contributed by atoms with E-state index in [-0.39, 0.29) is 12.5 Å². The van der Waals surface area contributed by atoms with Crippen LogP contribution in [-0.2, 0) is 4.79 Å². The molecule has 0 fully saturated rings. The third kappa shape index (κ3) is 4.61. The Morgan fingerprint density at radius 3 is 2.76 bits per heavy atom. The van der Waals surface area contributed by atoms with Crippen LogP contribution in [0.25, 0.3) is 0 Å². The van der Waals surface area contributed by atoms with Gasteiger partial charge in [-0.15, -0.1) is 0 Å². The Balaban J connectivity index is 1.98. The molecule has 2 aromatic carbocycles. The van der Waals surface area contributed by atoms with Crippen LogP contribution in [0.4, 0.5) is 5.69 Å². The smallest absolute Gasteiger partial charge is 0.262 e. The largest absolute Gasteiger partial charge is 0.483 e. The summed E-state index contributed by atoms with van der Waals surface area (Å²) < 4.78 is 6.26. The molecule has 0 atom stereocenters. The van der Waals surface area contributed by atoms with Gasteiger partial charge >= 0.3 is 0 Å². The van der Waals surface area contributed by atoms with Crippen LogP contribution < -0.4 is 10.1 Å². The van der Waals surface area contributed by atoms with Crippen molar-refractivity contribution in [3.63, 3.8) is 0 Å². The summed E-state index contributed by atoms with van der Waals surface area (Å²) in [6, 6.07) is 14.3. The Hall–Kier alpha value is -2.34. The maximum atomic E-state index is 11.8. The number of benzene rings is 2. The van der Waals surface area contributed by atoms with Gasteiger partial charge in [-0.3, -0.25) is 4.79 Å². The van der Waals surface area contributed by atoms with Crippen LogP contribution in [0.2, 0.25) is 0 Å². The monoisotopic (exact) mass is 348 g/mol. The first kappa shape index (κ1) is 15.1. The van der Waals surface area contributed by atoms with E-state index in [0.717, 1.165) is 4.47 Å². The van der Waals surface area contributed by atoms with Gasteiger partial charge in [0.15, 0.2) is 6.61 Å². The van der Waals surface area contributed by atoms with Crippen molar-refractivity contribution >= 4 is 33.7 Å². The van der Waals surface area contributed by atoms with Crippen molar-refractivity contribution in [2.24, 2.45) is 5.16 Å². The molecule has 108 valence electrons. The van der Waals surface area contributed by atoms with Crippen LogP contribution in [0.5, 0.6) is 5.75 Å². The summed E-state index contributed by atoms with van der Waals surface area (Å²) in [5.74, 6) is 0.190. The highest BCUT2D eigenvalue weighted by molar-refractivity contribution is 9.10. The average Bonchev–Trinajstić information content (AvgIpc) is 2.48. The van der Waals surface area contributed by atoms with E-state index in [4.69, 9.17) is 9.94 Å². The average molecular weight is 349 g/mol. The Morgan fingerprint density at radius 2 is 2.05 bits per heavy atom. The molecule has 2 rings (SSSR count). The van der Waals surface area contributed by atoms with Crippen molar-refractivity contribution in [2.45, 2.75) is 0 Å². The molecule has 0 aliphatic rings. The number of carbonyl (C=O) groups excluding carboxylic acids is 1. The number of carbonyl (C=O) groups is 1. The Morgan fingerprint density at radius 1 is 1.29 bits per heavy atom. The highest BCUT2D eigenvalue weighted by atomic mass is 79.9. The summed E-state index contributed by atoms with van der Waals surface area (Å²) >= 11 is 3.31. The third-order valence-electron chi connectivity index (χ3n) is 2.58. The van der Waals surface area contributed by atoms with Gasteiger partial charge < -0.3 is 15.3 Å². The van der Waals surface area contributed by atoms with Crippen molar-refractivity contribution in [3.05, 3.63) is 58.6 Å². The molecule has 0 aromatic heterocycles. The molecule has 0 saturated carbocycles. The normalized spacial score (nSPS) is 10.5. The number of rotatable bonds is 5. The van der Waals surface area contributed by atoms with Crippen molar-refractivity contribution in [1.29, 1.82) is 0 Å². The van der Waals surface area contributed by atoms with E-state index in [1.54, 1.807) is 30.3 Å². The quantitative estimate of drug-likeness (QED) is 0.494. The number of para-hydroxylation sites is 1. The highest BCUT2D eigenvalue weighted by Crippen LogP contribution is 2.21. The van der Waals surface area contributed by atoms with Gasteiger partial charge in [-0.2, -0.15) is 0 Å².